The van der Waals surface area contributed by atoms with Crippen LogP contribution in [0.25, 0.3) is 22.3 Å². The van der Waals surface area contributed by atoms with Crippen molar-refractivity contribution in [2.24, 2.45) is 18.9 Å². The number of imidazole rings is 1. The number of aromatic nitrogens is 5. The molecule has 1 saturated heterocycles. The van der Waals surface area contributed by atoms with Crippen molar-refractivity contribution in [3.8, 4) is 17.1 Å². The monoisotopic (exact) mass is 684 g/mol. The number of hydrogen-bond acceptors (Lipinski definition) is 9. The molecule has 1 saturated carbocycles. The fourth-order valence-corrected chi connectivity index (χ4v) is 7.72. The Morgan fingerprint density at radius 3 is 2.64 bits per heavy atom. The maximum atomic E-state index is 13.9. The molecule has 266 valence electrons. The number of nitrogens with zero attached hydrogens (tertiary/aromatic N) is 7. The van der Waals surface area contributed by atoms with Gasteiger partial charge in [-0.2, -0.15) is 5.10 Å². The van der Waals surface area contributed by atoms with E-state index in [0.717, 1.165) is 59.5 Å². The summed E-state index contributed by atoms with van der Waals surface area (Å²) in [5, 5.41) is 7.80. The SMILES string of the molecule is COC[C@H]1CN(c2ccc3nc4n(c3c2)C[C@@H]2CC[C@H](COc3c(c(C)nn3C)-c3cc(cc(C)n3)C(=O)N4)C2)CCN1C(=O)OC(C)(C)C. The number of carbonyl (C=O) groups is 2. The normalized spacial score (nSPS) is 21.2. The minimum absolute atomic E-state index is 0.168. The first kappa shape index (κ1) is 33.8. The molecule has 4 aromatic rings. The molecule has 2 amide bonds. The number of fused-ring (bicyclic) bond motifs is 9. The zero-order valence-electron chi connectivity index (χ0n) is 30.2. The number of amides is 2. The number of ether oxygens (including phenoxy) is 3. The molecule has 1 aliphatic carbocycles. The lowest BCUT2D eigenvalue weighted by Crippen LogP contribution is -2.57. The number of methoxy groups -OCH3 is 1. The van der Waals surface area contributed by atoms with E-state index >= 15 is 0 Å². The third-order valence-corrected chi connectivity index (χ3v) is 9.98. The third kappa shape index (κ3) is 6.75. The molecule has 13 nitrogen and oxygen atoms in total. The average molecular weight is 685 g/mol. The average Bonchev–Trinajstić information content (AvgIpc) is 3.73. The van der Waals surface area contributed by atoms with Crippen LogP contribution in [0, 0.1) is 25.7 Å². The molecular formula is C37H48N8O5. The molecule has 2 fully saturated rings. The van der Waals surface area contributed by atoms with Gasteiger partial charge in [0.05, 0.1) is 47.2 Å². The van der Waals surface area contributed by atoms with Gasteiger partial charge in [-0.15, -0.1) is 0 Å². The van der Waals surface area contributed by atoms with Gasteiger partial charge in [-0.25, -0.2) is 14.5 Å². The molecule has 7 rings (SSSR count). The van der Waals surface area contributed by atoms with Crippen molar-refractivity contribution in [2.75, 3.05) is 50.2 Å². The van der Waals surface area contributed by atoms with Crippen LogP contribution in [0.5, 0.6) is 5.88 Å². The molecule has 4 bridgehead atoms. The highest BCUT2D eigenvalue weighted by molar-refractivity contribution is 6.05. The molecule has 0 spiro atoms. The number of benzene rings is 1. The van der Waals surface area contributed by atoms with Crippen molar-refractivity contribution in [3.63, 3.8) is 0 Å². The number of aryl methyl sites for hydroxylation is 3. The van der Waals surface area contributed by atoms with Crippen molar-refractivity contribution < 1.29 is 23.8 Å². The Labute approximate surface area is 292 Å². The Kier molecular flexibility index (Phi) is 8.96. The van der Waals surface area contributed by atoms with Gasteiger partial charge in [-0.3, -0.25) is 20.0 Å². The number of piperazine rings is 1. The van der Waals surface area contributed by atoms with Crippen molar-refractivity contribution in [3.05, 3.63) is 47.3 Å². The lowest BCUT2D eigenvalue weighted by Gasteiger charge is -2.42. The first-order valence-electron chi connectivity index (χ1n) is 17.6. The van der Waals surface area contributed by atoms with E-state index in [9.17, 15) is 9.59 Å². The van der Waals surface area contributed by atoms with Gasteiger partial charge < -0.3 is 23.7 Å². The van der Waals surface area contributed by atoms with Crippen LogP contribution in [0.4, 0.5) is 16.4 Å². The number of carbonyl (C=O) groups excluding carboxylic acids is 2. The summed E-state index contributed by atoms with van der Waals surface area (Å²) < 4.78 is 21.7. The van der Waals surface area contributed by atoms with Gasteiger partial charge in [0.1, 0.15) is 5.60 Å². The van der Waals surface area contributed by atoms with E-state index in [-0.39, 0.29) is 18.0 Å². The van der Waals surface area contributed by atoms with Gasteiger partial charge in [0.25, 0.3) is 5.91 Å². The fraction of sp³-hybridized carbons (Fsp3) is 0.541. The summed E-state index contributed by atoms with van der Waals surface area (Å²) in [6, 6.07) is 9.69. The van der Waals surface area contributed by atoms with Gasteiger partial charge in [0.15, 0.2) is 0 Å². The van der Waals surface area contributed by atoms with Gasteiger partial charge in [-0.1, -0.05) is 0 Å². The van der Waals surface area contributed by atoms with E-state index in [1.54, 1.807) is 22.8 Å². The van der Waals surface area contributed by atoms with Crippen LogP contribution in [0.3, 0.4) is 0 Å². The summed E-state index contributed by atoms with van der Waals surface area (Å²) >= 11 is 0. The minimum Gasteiger partial charge on any atom is -0.477 e. The van der Waals surface area contributed by atoms with Crippen LogP contribution in [0.15, 0.2) is 30.3 Å². The largest absolute Gasteiger partial charge is 0.477 e. The van der Waals surface area contributed by atoms with Crippen LogP contribution in [0.1, 0.15) is 61.8 Å². The van der Waals surface area contributed by atoms with Gasteiger partial charge in [0, 0.05) is 57.3 Å². The van der Waals surface area contributed by atoms with E-state index in [1.165, 1.54) is 0 Å². The second-order valence-electron chi connectivity index (χ2n) is 15.0. The molecule has 3 atom stereocenters. The Bertz CT molecular complexity index is 1930. The molecule has 1 aromatic carbocycles. The molecular weight excluding hydrogens is 636 g/mol. The van der Waals surface area contributed by atoms with Gasteiger partial charge >= 0.3 is 6.09 Å². The number of nitrogens with one attached hydrogen (secondary N) is 1. The standard InChI is InChI=1S/C37H48N8O5/c1-22-14-26-16-30(38-22)32-23(2)41-42(6)34(32)49-20-25-9-8-24(15-25)18-45-31-17-27(10-11-29(31)39-35(45)40-33(26)46)43-12-13-44(28(19-43)21-48-7)36(47)50-37(3,4)5/h10-11,14,16-17,24-25,28H,8-9,12-13,15,18-21H2,1-7H3,(H,39,40,46)/t24-,25+,28-/m1/s1. The summed E-state index contributed by atoms with van der Waals surface area (Å²) in [5.74, 6) is 1.75. The summed E-state index contributed by atoms with van der Waals surface area (Å²) in [4.78, 5) is 40.8. The molecule has 50 heavy (non-hydrogen) atoms. The van der Waals surface area contributed by atoms with Crippen LogP contribution in [0.2, 0.25) is 0 Å². The second kappa shape index (κ2) is 13.2. The number of pyridine rings is 1. The lowest BCUT2D eigenvalue weighted by molar-refractivity contribution is 0.00343. The summed E-state index contributed by atoms with van der Waals surface area (Å²) in [5.41, 5.74) is 5.71. The molecule has 13 heteroatoms. The Morgan fingerprint density at radius 1 is 1.06 bits per heavy atom. The zero-order chi connectivity index (χ0) is 35.3. The number of hydrogen-bond donors (Lipinski definition) is 1. The van der Waals surface area contributed by atoms with E-state index in [2.05, 4.69) is 32.0 Å². The number of anilines is 2. The highest BCUT2D eigenvalue weighted by atomic mass is 16.6. The molecule has 3 aliphatic rings. The predicted octanol–water partition coefficient (Wildman–Crippen LogP) is 5.58. The molecule has 3 aromatic heterocycles. The maximum absolute atomic E-state index is 13.9. The molecule has 0 radical (unpaired) electrons. The topological polar surface area (TPSA) is 129 Å². The first-order chi connectivity index (χ1) is 23.9. The molecule has 5 heterocycles. The van der Waals surface area contributed by atoms with Crippen molar-refractivity contribution in [2.45, 2.75) is 72.1 Å². The first-order valence-corrected chi connectivity index (χ1v) is 17.6. The van der Waals surface area contributed by atoms with Crippen LogP contribution in [-0.4, -0.2) is 92.8 Å². The summed E-state index contributed by atoms with van der Waals surface area (Å²) in [7, 11) is 3.54. The second-order valence-corrected chi connectivity index (χ2v) is 15.0. The van der Waals surface area contributed by atoms with E-state index in [0.29, 0.717) is 67.8 Å². The van der Waals surface area contributed by atoms with E-state index in [1.807, 2.05) is 53.8 Å². The maximum Gasteiger partial charge on any atom is 0.410 e. The minimum atomic E-state index is -0.578. The third-order valence-electron chi connectivity index (χ3n) is 9.98. The summed E-state index contributed by atoms with van der Waals surface area (Å²) in [6.45, 7) is 13.0. The van der Waals surface area contributed by atoms with Crippen molar-refractivity contribution >= 4 is 34.7 Å². The molecule has 0 unspecified atom stereocenters. The van der Waals surface area contributed by atoms with Crippen molar-refractivity contribution in [1.82, 2.24) is 29.2 Å². The predicted molar refractivity (Wildman–Crippen MR) is 191 cm³/mol. The lowest BCUT2D eigenvalue weighted by atomic mass is 10.1. The molecule has 2 aliphatic heterocycles. The Balaban J connectivity index is 1.23. The highest BCUT2D eigenvalue weighted by Crippen LogP contribution is 2.38. The summed E-state index contributed by atoms with van der Waals surface area (Å²) in [6.07, 6.45) is 2.81. The highest BCUT2D eigenvalue weighted by Gasteiger charge is 2.34. The fourth-order valence-electron chi connectivity index (χ4n) is 7.72. The van der Waals surface area contributed by atoms with Crippen molar-refractivity contribution in [1.29, 1.82) is 0 Å². The van der Waals surface area contributed by atoms with Gasteiger partial charge in [-0.05, 0) is 96.0 Å². The van der Waals surface area contributed by atoms with E-state index < -0.39 is 5.60 Å². The Hall–Kier alpha value is -4.65. The number of rotatable bonds is 3. The van der Waals surface area contributed by atoms with Gasteiger partial charge in [0.2, 0.25) is 11.8 Å². The zero-order valence-corrected chi connectivity index (χ0v) is 30.2. The molecule has 1 N–H and O–H groups in total. The van der Waals surface area contributed by atoms with Crippen LogP contribution >= 0.6 is 0 Å². The van der Waals surface area contributed by atoms with Crippen LogP contribution < -0.4 is 15.0 Å². The smallest absolute Gasteiger partial charge is 0.410 e. The Morgan fingerprint density at radius 2 is 1.86 bits per heavy atom. The van der Waals surface area contributed by atoms with E-state index in [4.69, 9.17) is 24.2 Å². The quantitative estimate of drug-likeness (QED) is 0.294. The van der Waals surface area contributed by atoms with Crippen LogP contribution in [-0.2, 0) is 23.1 Å².